The van der Waals surface area contributed by atoms with Crippen LogP contribution in [0.2, 0.25) is 0 Å². The van der Waals surface area contributed by atoms with Crippen molar-refractivity contribution in [1.82, 2.24) is 15.4 Å². The smallest absolute Gasteiger partial charge is 0.251 e. The van der Waals surface area contributed by atoms with Crippen molar-refractivity contribution in [3.8, 4) is 0 Å². The molecule has 0 radical (unpaired) electrons. The van der Waals surface area contributed by atoms with Crippen molar-refractivity contribution < 1.29 is 18.0 Å². The molecule has 7 nitrogen and oxygen atoms in total. The summed E-state index contributed by atoms with van der Waals surface area (Å²) < 4.78 is 27.3. The van der Waals surface area contributed by atoms with Gasteiger partial charge in [-0.25, -0.2) is 13.1 Å². The van der Waals surface area contributed by atoms with E-state index in [-0.39, 0.29) is 23.4 Å². The predicted octanol–water partition coefficient (Wildman–Crippen LogP) is 2.97. The van der Waals surface area contributed by atoms with Crippen LogP contribution >= 0.6 is 0 Å². The van der Waals surface area contributed by atoms with E-state index in [2.05, 4.69) is 15.4 Å². The number of benzene rings is 1. The van der Waals surface area contributed by atoms with Gasteiger partial charge in [0.25, 0.3) is 5.91 Å². The Hall–Kier alpha value is -1.93. The van der Waals surface area contributed by atoms with Crippen molar-refractivity contribution in [1.29, 1.82) is 0 Å². The van der Waals surface area contributed by atoms with E-state index < -0.39 is 21.5 Å². The average Bonchev–Trinajstić information content (AvgIpc) is 2.70. The Morgan fingerprint density at radius 2 is 1.61 bits per heavy atom. The molecule has 31 heavy (non-hydrogen) atoms. The minimum absolute atomic E-state index is 0.0882. The molecule has 8 heteroatoms. The number of rotatable bonds is 6. The number of carbonyl (C=O) groups is 2. The van der Waals surface area contributed by atoms with Crippen LogP contribution in [0.15, 0.2) is 29.2 Å². The van der Waals surface area contributed by atoms with Crippen LogP contribution in [0.5, 0.6) is 0 Å². The van der Waals surface area contributed by atoms with Crippen molar-refractivity contribution >= 4 is 21.8 Å². The standard InChI is InChI=1S/C23H35N3O4S/c1-23(2,3)26-31(29,30)20-12-9-17(10-13-20)22(28)24-15-21(27)25-19-11-8-16-6-4-5-7-18(16)14-19/h9-10,12-13,16,18-19,26H,4-8,11,14-15H2,1-3H3,(H,24,28)(H,25,27)/t16-,18-,19-/m1/s1. The van der Waals surface area contributed by atoms with Crippen LogP contribution in [0.3, 0.4) is 0 Å². The first-order valence-electron chi connectivity index (χ1n) is 11.2. The molecule has 0 unspecified atom stereocenters. The summed E-state index contributed by atoms with van der Waals surface area (Å²) in [4.78, 5) is 24.8. The highest BCUT2D eigenvalue weighted by Crippen LogP contribution is 2.40. The molecule has 0 aliphatic heterocycles. The van der Waals surface area contributed by atoms with Gasteiger partial charge in [0.05, 0.1) is 11.4 Å². The Kier molecular flexibility index (Phi) is 7.42. The second kappa shape index (κ2) is 9.69. The van der Waals surface area contributed by atoms with E-state index in [9.17, 15) is 18.0 Å². The van der Waals surface area contributed by atoms with Gasteiger partial charge in [0.1, 0.15) is 0 Å². The van der Waals surface area contributed by atoms with E-state index in [1.807, 2.05) is 0 Å². The van der Waals surface area contributed by atoms with Crippen molar-refractivity contribution in [3.63, 3.8) is 0 Å². The largest absolute Gasteiger partial charge is 0.352 e. The molecule has 1 aromatic rings. The molecule has 2 saturated carbocycles. The lowest BCUT2D eigenvalue weighted by molar-refractivity contribution is -0.121. The third kappa shape index (κ3) is 6.77. The highest BCUT2D eigenvalue weighted by Gasteiger charge is 2.32. The van der Waals surface area contributed by atoms with Gasteiger partial charge in [0, 0.05) is 17.1 Å². The molecule has 3 atom stereocenters. The summed E-state index contributed by atoms with van der Waals surface area (Å²) in [6.45, 7) is 5.20. The fourth-order valence-electron chi connectivity index (χ4n) is 4.79. The maximum atomic E-state index is 12.4. The molecule has 0 spiro atoms. The second-order valence-electron chi connectivity index (χ2n) is 9.94. The lowest BCUT2D eigenvalue weighted by Crippen LogP contribution is -2.45. The van der Waals surface area contributed by atoms with Gasteiger partial charge < -0.3 is 10.6 Å². The summed E-state index contributed by atoms with van der Waals surface area (Å²) in [6, 6.07) is 5.89. The minimum atomic E-state index is -3.66. The quantitative estimate of drug-likeness (QED) is 0.621. The summed E-state index contributed by atoms with van der Waals surface area (Å²) in [5, 5.41) is 5.69. The Balaban J connectivity index is 1.47. The maximum Gasteiger partial charge on any atom is 0.251 e. The number of hydrogen-bond acceptors (Lipinski definition) is 4. The highest BCUT2D eigenvalue weighted by atomic mass is 32.2. The lowest BCUT2D eigenvalue weighted by atomic mass is 9.69. The predicted molar refractivity (Wildman–Crippen MR) is 120 cm³/mol. The molecular formula is C23H35N3O4S. The van der Waals surface area contributed by atoms with E-state index in [0.29, 0.717) is 5.56 Å². The molecule has 2 fully saturated rings. The number of carbonyl (C=O) groups excluding carboxylic acids is 2. The zero-order valence-corrected chi connectivity index (χ0v) is 19.6. The highest BCUT2D eigenvalue weighted by molar-refractivity contribution is 7.89. The molecule has 2 amide bonds. The normalized spacial score (nSPS) is 24.2. The number of nitrogens with one attached hydrogen (secondary N) is 3. The van der Waals surface area contributed by atoms with Crippen molar-refractivity contribution in [2.75, 3.05) is 6.54 Å². The van der Waals surface area contributed by atoms with Gasteiger partial charge in [0.2, 0.25) is 15.9 Å². The molecule has 2 aliphatic rings. The minimum Gasteiger partial charge on any atom is -0.352 e. The molecule has 0 saturated heterocycles. The summed E-state index contributed by atoms with van der Waals surface area (Å²) >= 11 is 0. The number of hydrogen-bond donors (Lipinski definition) is 3. The molecule has 2 aliphatic carbocycles. The molecule has 3 N–H and O–H groups in total. The number of amides is 2. The molecule has 0 aromatic heterocycles. The lowest BCUT2D eigenvalue weighted by Gasteiger charge is -2.39. The van der Waals surface area contributed by atoms with Crippen LogP contribution in [-0.2, 0) is 14.8 Å². The van der Waals surface area contributed by atoms with E-state index in [4.69, 9.17) is 0 Å². The van der Waals surface area contributed by atoms with Crippen LogP contribution in [0, 0.1) is 11.8 Å². The first kappa shape index (κ1) is 23.7. The van der Waals surface area contributed by atoms with E-state index in [1.54, 1.807) is 20.8 Å². The van der Waals surface area contributed by atoms with Crippen molar-refractivity contribution in [2.45, 2.75) is 82.2 Å². The molecule has 1 aromatic carbocycles. The molecule has 172 valence electrons. The maximum absolute atomic E-state index is 12.4. The topological polar surface area (TPSA) is 104 Å². The van der Waals surface area contributed by atoms with Gasteiger partial charge in [-0.05, 0) is 76.1 Å². The fourth-order valence-corrected chi connectivity index (χ4v) is 6.21. The van der Waals surface area contributed by atoms with Gasteiger partial charge in [-0.15, -0.1) is 0 Å². The second-order valence-corrected chi connectivity index (χ2v) is 11.6. The summed E-state index contributed by atoms with van der Waals surface area (Å²) in [5.41, 5.74) is -0.288. The summed E-state index contributed by atoms with van der Waals surface area (Å²) in [6.07, 6.45) is 8.47. The van der Waals surface area contributed by atoms with E-state index in [1.165, 1.54) is 56.4 Å². The summed E-state index contributed by atoms with van der Waals surface area (Å²) in [5.74, 6) is 0.969. The molecule has 0 heterocycles. The van der Waals surface area contributed by atoms with E-state index >= 15 is 0 Å². The zero-order chi connectivity index (χ0) is 22.6. The molecule has 3 rings (SSSR count). The van der Waals surface area contributed by atoms with Crippen LogP contribution in [-0.4, -0.2) is 38.4 Å². The van der Waals surface area contributed by atoms with Crippen LogP contribution in [0.1, 0.15) is 76.1 Å². The first-order valence-corrected chi connectivity index (χ1v) is 12.7. The van der Waals surface area contributed by atoms with Gasteiger partial charge in [-0.2, -0.15) is 0 Å². The van der Waals surface area contributed by atoms with Gasteiger partial charge in [0.15, 0.2) is 0 Å². The number of sulfonamides is 1. The zero-order valence-electron chi connectivity index (χ0n) is 18.7. The SMILES string of the molecule is CC(C)(C)NS(=O)(=O)c1ccc(C(=O)NCC(=O)N[C@@H]2CC[C@H]3CCCC[C@@H]3C2)cc1. The first-order chi connectivity index (χ1) is 14.5. The van der Waals surface area contributed by atoms with Crippen molar-refractivity contribution in [3.05, 3.63) is 29.8 Å². The van der Waals surface area contributed by atoms with Crippen LogP contribution in [0.25, 0.3) is 0 Å². The third-order valence-electron chi connectivity index (χ3n) is 6.18. The Morgan fingerprint density at radius 1 is 0.968 bits per heavy atom. The van der Waals surface area contributed by atoms with Gasteiger partial charge >= 0.3 is 0 Å². The van der Waals surface area contributed by atoms with Crippen LogP contribution in [0.4, 0.5) is 0 Å². The van der Waals surface area contributed by atoms with Gasteiger partial charge in [-0.1, -0.05) is 25.7 Å². The van der Waals surface area contributed by atoms with Crippen LogP contribution < -0.4 is 15.4 Å². The Bertz CT molecular complexity index is 890. The fraction of sp³-hybridized carbons (Fsp3) is 0.652. The third-order valence-corrected chi connectivity index (χ3v) is 7.96. The van der Waals surface area contributed by atoms with Crippen molar-refractivity contribution in [2.24, 2.45) is 11.8 Å². The average molecular weight is 450 g/mol. The summed E-state index contributed by atoms with van der Waals surface area (Å²) in [7, 11) is -3.66. The molecular weight excluding hydrogens is 414 g/mol. The Morgan fingerprint density at radius 3 is 2.26 bits per heavy atom. The van der Waals surface area contributed by atoms with E-state index in [0.717, 1.165) is 24.7 Å². The van der Waals surface area contributed by atoms with Gasteiger partial charge in [-0.3, -0.25) is 9.59 Å². The Labute approximate surface area is 185 Å². The molecule has 0 bridgehead atoms. The number of fused-ring (bicyclic) bond motifs is 1. The monoisotopic (exact) mass is 449 g/mol.